The third kappa shape index (κ3) is 3.16. The molecule has 3 aromatic rings. The highest BCUT2D eigenvalue weighted by Crippen LogP contribution is 2.18. The average molecular weight is 404 g/mol. The Balaban J connectivity index is 1.76. The molecule has 6 heteroatoms. The average Bonchev–Trinajstić information content (AvgIpc) is 3.05. The maximum atomic E-state index is 12.3. The van der Waals surface area contributed by atoms with E-state index >= 15 is 0 Å². The van der Waals surface area contributed by atoms with Gasteiger partial charge in [0.15, 0.2) is 0 Å². The minimum Gasteiger partial charge on any atom is -0.322 e. The highest BCUT2D eigenvalue weighted by molar-refractivity contribution is 14.1. The van der Waals surface area contributed by atoms with Crippen LogP contribution in [0, 0.1) is 10.5 Å². The van der Waals surface area contributed by atoms with Crippen molar-refractivity contribution in [3.05, 3.63) is 69.8 Å². The van der Waals surface area contributed by atoms with Crippen LogP contribution < -0.4 is 5.32 Å². The maximum absolute atomic E-state index is 12.3. The molecule has 1 amide bonds. The number of halogens is 1. The molecule has 0 aliphatic rings. The zero-order valence-electron chi connectivity index (χ0n) is 11.8. The highest BCUT2D eigenvalue weighted by atomic mass is 127. The van der Waals surface area contributed by atoms with E-state index in [0.717, 1.165) is 14.9 Å². The Kier molecular flexibility index (Phi) is 4.19. The molecule has 0 saturated heterocycles. The number of hydrogen-bond donors (Lipinski definition) is 1. The summed E-state index contributed by atoms with van der Waals surface area (Å²) in [6.07, 6.45) is 3.09. The molecule has 0 unspecified atom stereocenters. The molecule has 2 aromatic carbocycles. The molecule has 3 rings (SSSR count). The van der Waals surface area contributed by atoms with Crippen LogP contribution in [0.2, 0.25) is 0 Å². The number of hydrogen-bond acceptors (Lipinski definition) is 3. The van der Waals surface area contributed by atoms with Gasteiger partial charge in [0.1, 0.15) is 12.7 Å². The van der Waals surface area contributed by atoms with Gasteiger partial charge in [-0.2, -0.15) is 5.10 Å². The van der Waals surface area contributed by atoms with E-state index in [1.807, 2.05) is 37.3 Å². The van der Waals surface area contributed by atoms with E-state index < -0.39 is 0 Å². The van der Waals surface area contributed by atoms with Crippen molar-refractivity contribution in [1.82, 2.24) is 14.8 Å². The summed E-state index contributed by atoms with van der Waals surface area (Å²) in [7, 11) is 0. The van der Waals surface area contributed by atoms with Crippen LogP contribution in [-0.4, -0.2) is 20.7 Å². The van der Waals surface area contributed by atoms with Crippen molar-refractivity contribution in [3.63, 3.8) is 0 Å². The van der Waals surface area contributed by atoms with E-state index in [-0.39, 0.29) is 5.91 Å². The topological polar surface area (TPSA) is 59.8 Å². The van der Waals surface area contributed by atoms with Crippen LogP contribution >= 0.6 is 22.6 Å². The molecule has 0 aliphatic heterocycles. The van der Waals surface area contributed by atoms with Crippen molar-refractivity contribution in [2.45, 2.75) is 6.92 Å². The first-order valence-corrected chi connectivity index (χ1v) is 7.74. The largest absolute Gasteiger partial charge is 0.322 e. The number of rotatable bonds is 3. The molecule has 5 nitrogen and oxygen atoms in total. The van der Waals surface area contributed by atoms with E-state index in [1.165, 1.54) is 11.9 Å². The highest BCUT2D eigenvalue weighted by Gasteiger charge is 2.07. The fraction of sp³-hybridized carbons (Fsp3) is 0.0625. The molecular formula is C16H13IN4O. The molecule has 0 spiro atoms. The van der Waals surface area contributed by atoms with Crippen LogP contribution in [0.4, 0.5) is 5.69 Å². The van der Waals surface area contributed by atoms with Crippen molar-refractivity contribution in [1.29, 1.82) is 0 Å². The van der Waals surface area contributed by atoms with Crippen LogP contribution in [0.5, 0.6) is 0 Å². The number of benzene rings is 2. The van der Waals surface area contributed by atoms with Crippen molar-refractivity contribution < 1.29 is 4.79 Å². The number of nitrogens with zero attached hydrogens (tertiary/aromatic N) is 3. The van der Waals surface area contributed by atoms with Crippen LogP contribution in [0.15, 0.2) is 55.1 Å². The van der Waals surface area contributed by atoms with Gasteiger partial charge in [0.25, 0.3) is 5.91 Å². The molecule has 0 radical (unpaired) electrons. The van der Waals surface area contributed by atoms with Gasteiger partial charge in [-0.3, -0.25) is 4.79 Å². The third-order valence-corrected chi connectivity index (χ3v) is 4.40. The summed E-state index contributed by atoms with van der Waals surface area (Å²) >= 11 is 2.25. The SMILES string of the molecule is Cc1ccc(NC(=O)c2ccc(-n3cncn3)cc2)cc1I. The van der Waals surface area contributed by atoms with Crippen molar-refractivity contribution in [3.8, 4) is 5.69 Å². The predicted octanol–water partition coefficient (Wildman–Crippen LogP) is 3.43. The predicted molar refractivity (Wildman–Crippen MR) is 93.2 cm³/mol. The quantitative estimate of drug-likeness (QED) is 0.681. The van der Waals surface area contributed by atoms with Crippen LogP contribution in [0.25, 0.3) is 5.69 Å². The zero-order chi connectivity index (χ0) is 15.5. The first-order chi connectivity index (χ1) is 10.6. The molecular weight excluding hydrogens is 391 g/mol. The van der Waals surface area contributed by atoms with E-state index in [1.54, 1.807) is 23.1 Å². The number of aromatic nitrogens is 3. The van der Waals surface area contributed by atoms with E-state index in [0.29, 0.717) is 5.56 Å². The second-order valence-corrected chi connectivity index (χ2v) is 5.97. The van der Waals surface area contributed by atoms with Crippen molar-refractivity contribution >= 4 is 34.2 Å². The molecule has 110 valence electrons. The van der Waals surface area contributed by atoms with Gasteiger partial charge < -0.3 is 5.32 Å². The van der Waals surface area contributed by atoms with Gasteiger partial charge in [-0.05, 0) is 71.5 Å². The van der Waals surface area contributed by atoms with Crippen LogP contribution in [0.1, 0.15) is 15.9 Å². The Labute approximate surface area is 141 Å². The zero-order valence-corrected chi connectivity index (χ0v) is 14.0. The van der Waals surface area contributed by atoms with Crippen molar-refractivity contribution in [2.24, 2.45) is 0 Å². The van der Waals surface area contributed by atoms with Gasteiger partial charge in [0, 0.05) is 14.8 Å². The minimum atomic E-state index is -0.134. The number of aryl methyl sites for hydroxylation is 1. The van der Waals surface area contributed by atoms with Gasteiger partial charge >= 0.3 is 0 Å². The Bertz CT molecular complexity index is 798. The van der Waals surface area contributed by atoms with Gasteiger partial charge in [0.05, 0.1) is 5.69 Å². The second-order valence-electron chi connectivity index (χ2n) is 4.81. The maximum Gasteiger partial charge on any atom is 0.255 e. The fourth-order valence-electron chi connectivity index (χ4n) is 1.98. The Morgan fingerprint density at radius 3 is 2.59 bits per heavy atom. The summed E-state index contributed by atoms with van der Waals surface area (Å²) in [5, 5.41) is 6.95. The summed E-state index contributed by atoms with van der Waals surface area (Å²) in [5.41, 5.74) is 3.44. The van der Waals surface area contributed by atoms with E-state index in [2.05, 4.69) is 38.0 Å². The summed E-state index contributed by atoms with van der Waals surface area (Å²) in [6.45, 7) is 2.04. The lowest BCUT2D eigenvalue weighted by Gasteiger charge is -2.08. The number of nitrogens with one attached hydrogen (secondary N) is 1. The van der Waals surface area contributed by atoms with Crippen LogP contribution in [0.3, 0.4) is 0 Å². The standard InChI is InChI=1S/C16H13IN4O/c1-11-2-5-13(8-15(11)17)20-16(22)12-3-6-14(7-4-12)21-10-18-9-19-21/h2-10H,1H3,(H,20,22). The van der Waals surface area contributed by atoms with Gasteiger partial charge in [-0.15, -0.1) is 0 Å². The van der Waals surface area contributed by atoms with Crippen LogP contribution in [-0.2, 0) is 0 Å². The summed E-state index contributed by atoms with van der Waals surface area (Å²) in [5.74, 6) is -0.134. The molecule has 1 heterocycles. The van der Waals surface area contributed by atoms with Gasteiger partial charge in [-0.25, -0.2) is 9.67 Å². The molecule has 1 N–H and O–H groups in total. The van der Waals surface area contributed by atoms with E-state index in [9.17, 15) is 4.79 Å². The lowest BCUT2D eigenvalue weighted by atomic mass is 10.2. The third-order valence-electron chi connectivity index (χ3n) is 3.24. The molecule has 1 aromatic heterocycles. The Morgan fingerprint density at radius 2 is 1.95 bits per heavy atom. The minimum absolute atomic E-state index is 0.134. The molecule has 22 heavy (non-hydrogen) atoms. The number of carbonyl (C=O) groups excluding carboxylic acids is 1. The molecule has 0 saturated carbocycles. The molecule has 0 bridgehead atoms. The normalized spacial score (nSPS) is 10.5. The lowest BCUT2D eigenvalue weighted by Crippen LogP contribution is -2.12. The summed E-state index contributed by atoms with van der Waals surface area (Å²) in [6, 6.07) is 13.1. The fourth-order valence-corrected chi connectivity index (χ4v) is 2.50. The van der Waals surface area contributed by atoms with Gasteiger partial charge in [0.2, 0.25) is 0 Å². The number of carbonyl (C=O) groups is 1. The Hall–Kier alpha value is -2.22. The molecule has 0 fully saturated rings. The summed E-state index contributed by atoms with van der Waals surface area (Å²) < 4.78 is 2.77. The Morgan fingerprint density at radius 1 is 1.18 bits per heavy atom. The second kappa shape index (κ2) is 6.27. The van der Waals surface area contributed by atoms with Gasteiger partial charge in [-0.1, -0.05) is 6.07 Å². The number of amides is 1. The first kappa shape index (κ1) is 14.7. The smallest absolute Gasteiger partial charge is 0.255 e. The first-order valence-electron chi connectivity index (χ1n) is 6.66. The van der Waals surface area contributed by atoms with Crippen molar-refractivity contribution in [2.75, 3.05) is 5.32 Å². The summed E-state index contributed by atoms with van der Waals surface area (Å²) in [4.78, 5) is 16.2. The lowest BCUT2D eigenvalue weighted by molar-refractivity contribution is 0.102. The van der Waals surface area contributed by atoms with E-state index in [4.69, 9.17) is 0 Å². The molecule has 0 aliphatic carbocycles. The number of anilines is 1. The molecule has 0 atom stereocenters. The monoisotopic (exact) mass is 404 g/mol.